The van der Waals surface area contributed by atoms with Crippen LogP contribution in [0.2, 0.25) is 5.02 Å². The molecule has 0 radical (unpaired) electrons. The van der Waals surface area contributed by atoms with Gasteiger partial charge in [0.15, 0.2) is 0 Å². The molecule has 1 amide bonds. The third-order valence-corrected chi connectivity index (χ3v) is 4.90. The van der Waals surface area contributed by atoms with E-state index in [1.807, 2.05) is 19.0 Å². The standard InChI is InChI=1S/C21H25ClN2O2/c1-23(2)19-11-5-16(6-12-19)14-24(15-20-4-3-13-26-20)21(25)17-7-9-18(22)10-8-17/h5-12,20H,3-4,13-15H2,1-2H3/t20-/m0/s1. The van der Waals surface area contributed by atoms with Crippen molar-refractivity contribution in [1.29, 1.82) is 0 Å². The normalized spacial score (nSPS) is 16.5. The quantitative estimate of drug-likeness (QED) is 0.760. The summed E-state index contributed by atoms with van der Waals surface area (Å²) in [7, 11) is 4.03. The molecule has 0 aliphatic carbocycles. The Morgan fingerprint density at radius 2 is 1.81 bits per heavy atom. The third kappa shape index (κ3) is 4.77. The van der Waals surface area contributed by atoms with Crippen LogP contribution in [0.3, 0.4) is 0 Å². The number of carbonyl (C=O) groups is 1. The van der Waals surface area contributed by atoms with Crippen molar-refractivity contribution < 1.29 is 9.53 Å². The lowest BCUT2D eigenvalue weighted by molar-refractivity contribution is 0.0507. The largest absolute Gasteiger partial charge is 0.378 e. The fourth-order valence-electron chi connectivity index (χ4n) is 3.15. The maximum absolute atomic E-state index is 13.0. The van der Waals surface area contributed by atoms with Gasteiger partial charge in [0.25, 0.3) is 5.91 Å². The Balaban J connectivity index is 1.77. The molecular formula is C21H25ClN2O2. The lowest BCUT2D eigenvalue weighted by Gasteiger charge is -2.26. The second-order valence-corrected chi connectivity index (χ2v) is 7.32. The Hall–Kier alpha value is -2.04. The van der Waals surface area contributed by atoms with Crippen molar-refractivity contribution in [2.24, 2.45) is 0 Å². The van der Waals surface area contributed by atoms with Gasteiger partial charge in [-0.3, -0.25) is 4.79 Å². The summed E-state index contributed by atoms with van der Waals surface area (Å²) in [5.74, 6) is 0.00820. The van der Waals surface area contributed by atoms with E-state index in [0.29, 0.717) is 23.7 Å². The number of nitrogens with zero attached hydrogens (tertiary/aromatic N) is 2. The molecule has 1 saturated heterocycles. The summed E-state index contributed by atoms with van der Waals surface area (Å²) in [5.41, 5.74) is 2.90. The van der Waals surface area contributed by atoms with Crippen LogP contribution in [0.25, 0.3) is 0 Å². The zero-order chi connectivity index (χ0) is 18.5. The lowest BCUT2D eigenvalue weighted by Crippen LogP contribution is -2.37. The molecule has 0 N–H and O–H groups in total. The topological polar surface area (TPSA) is 32.8 Å². The summed E-state index contributed by atoms with van der Waals surface area (Å²) in [6.45, 7) is 1.96. The number of ether oxygens (including phenoxy) is 1. The van der Waals surface area contributed by atoms with E-state index in [4.69, 9.17) is 16.3 Å². The molecule has 2 aromatic rings. The van der Waals surface area contributed by atoms with E-state index in [1.54, 1.807) is 24.3 Å². The molecule has 3 rings (SSSR count). The number of anilines is 1. The predicted molar refractivity (Wildman–Crippen MR) is 106 cm³/mol. The highest BCUT2D eigenvalue weighted by molar-refractivity contribution is 6.30. The predicted octanol–water partition coefficient (Wildman–Crippen LogP) is 4.23. The van der Waals surface area contributed by atoms with Crippen LogP contribution in [0, 0.1) is 0 Å². The molecule has 0 spiro atoms. The van der Waals surface area contributed by atoms with Crippen LogP contribution in [0.15, 0.2) is 48.5 Å². The van der Waals surface area contributed by atoms with Gasteiger partial charge in [-0.1, -0.05) is 23.7 Å². The number of carbonyl (C=O) groups excluding carboxylic acids is 1. The van der Waals surface area contributed by atoms with Gasteiger partial charge in [-0.25, -0.2) is 0 Å². The first-order valence-electron chi connectivity index (χ1n) is 8.95. The van der Waals surface area contributed by atoms with Crippen LogP contribution >= 0.6 is 11.6 Å². The molecule has 5 heteroatoms. The van der Waals surface area contributed by atoms with Crippen molar-refractivity contribution in [1.82, 2.24) is 4.90 Å². The van der Waals surface area contributed by atoms with Gasteiger partial charge in [0, 0.05) is 50.1 Å². The van der Waals surface area contributed by atoms with E-state index in [2.05, 4.69) is 29.2 Å². The maximum Gasteiger partial charge on any atom is 0.254 e. The van der Waals surface area contributed by atoms with E-state index in [0.717, 1.165) is 30.7 Å². The second kappa shape index (κ2) is 8.56. The molecule has 2 aromatic carbocycles. The molecule has 0 aromatic heterocycles. The molecule has 1 fully saturated rings. The third-order valence-electron chi connectivity index (χ3n) is 4.65. The monoisotopic (exact) mass is 372 g/mol. The summed E-state index contributed by atoms with van der Waals surface area (Å²) in [6, 6.07) is 15.4. The average Bonchev–Trinajstić information content (AvgIpc) is 3.15. The van der Waals surface area contributed by atoms with E-state index >= 15 is 0 Å². The van der Waals surface area contributed by atoms with E-state index in [1.165, 1.54) is 0 Å². The first kappa shape index (κ1) is 18.7. The van der Waals surface area contributed by atoms with E-state index in [9.17, 15) is 4.79 Å². The Kier molecular flexibility index (Phi) is 6.17. The van der Waals surface area contributed by atoms with Crippen LogP contribution in [0.4, 0.5) is 5.69 Å². The molecular weight excluding hydrogens is 348 g/mol. The second-order valence-electron chi connectivity index (χ2n) is 6.89. The summed E-state index contributed by atoms with van der Waals surface area (Å²) in [4.78, 5) is 17.0. The van der Waals surface area contributed by atoms with Gasteiger partial charge in [-0.05, 0) is 54.8 Å². The first-order chi connectivity index (χ1) is 12.5. The fraction of sp³-hybridized carbons (Fsp3) is 0.381. The Morgan fingerprint density at radius 3 is 2.38 bits per heavy atom. The zero-order valence-electron chi connectivity index (χ0n) is 15.3. The van der Waals surface area contributed by atoms with E-state index in [-0.39, 0.29) is 12.0 Å². The minimum absolute atomic E-state index is 0.00820. The van der Waals surface area contributed by atoms with Crippen molar-refractivity contribution in [2.45, 2.75) is 25.5 Å². The van der Waals surface area contributed by atoms with Crippen molar-refractivity contribution in [2.75, 3.05) is 32.1 Å². The average molecular weight is 373 g/mol. The lowest BCUT2D eigenvalue weighted by atomic mass is 10.1. The number of hydrogen-bond acceptors (Lipinski definition) is 3. The van der Waals surface area contributed by atoms with Crippen molar-refractivity contribution in [3.63, 3.8) is 0 Å². The smallest absolute Gasteiger partial charge is 0.254 e. The van der Waals surface area contributed by atoms with Crippen LogP contribution in [-0.2, 0) is 11.3 Å². The zero-order valence-corrected chi connectivity index (χ0v) is 16.1. The van der Waals surface area contributed by atoms with Crippen LogP contribution in [0.5, 0.6) is 0 Å². The van der Waals surface area contributed by atoms with Crippen molar-refractivity contribution >= 4 is 23.2 Å². The highest BCUT2D eigenvalue weighted by Crippen LogP contribution is 2.20. The molecule has 1 heterocycles. The highest BCUT2D eigenvalue weighted by Gasteiger charge is 2.23. The Labute approximate surface area is 160 Å². The number of hydrogen-bond donors (Lipinski definition) is 0. The number of rotatable bonds is 6. The molecule has 1 aliphatic rings. The molecule has 1 aliphatic heterocycles. The van der Waals surface area contributed by atoms with Gasteiger partial charge in [-0.15, -0.1) is 0 Å². The number of halogens is 1. The molecule has 1 atom stereocenters. The fourth-order valence-corrected chi connectivity index (χ4v) is 3.27. The van der Waals surface area contributed by atoms with Gasteiger partial charge in [0.05, 0.1) is 6.10 Å². The molecule has 0 saturated carbocycles. The van der Waals surface area contributed by atoms with Gasteiger partial charge in [0.1, 0.15) is 0 Å². The minimum atomic E-state index is 0.00820. The van der Waals surface area contributed by atoms with Crippen LogP contribution in [-0.4, -0.2) is 44.2 Å². The minimum Gasteiger partial charge on any atom is -0.378 e. The van der Waals surface area contributed by atoms with Crippen molar-refractivity contribution in [3.8, 4) is 0 Å². The summed E-state index contributed by atoms with van der Waals surface area (Å²) in [6.07, 6.45) is 2.18. The molecule has 0 bridgehead atoms. The van der Waals surface area contributed by atoms with Gasteiger partial charge in [-0.2, -0.15) is 0 Å². The summed E-state index contributed by atoms with van der Waals surface area (Å²) >= 11 is 5.95. The van der Waals surface area contributed by atoms with Gasteiger partial charge < -0.3 is 14.5 Å². The van der Waals surface area contributed by atoms with Crippen molar-refractivity contribution in [3.05, 3.63) is 64.7 Å². The Morgan fingerprint density at radius 1 is 1.12 bits per heavy atom. The Bertz CT molecular complexity index is 723. The van der Waals surface area contributed by atoms with E-state index < -0.39 is 0 Å². The SMILES string of the molecule is CN(C)c1ccc(CN(C[C@@H]2CCCO2)C(=O)c2ccc(Cl)cc2)cc1. The molecule has 0 unspecified atom stereocenters. The van der Waals surface area contributed by atoms with Crippen LogP contribution < -0.4 is 4.90 Å². The highest BCUT2D eigenvalue weighted by atomic mass is 35.5. The number of benzene rings is 2. The molecule has 4 nitrogen and oxygen atoms in total. The molecule has 138 valence electrons. The van der Waals surface area contributed by atoms with Gasteiger partial charge >= 0.3 is 0 Å². The maximum atomic E-state index is 13.0. The summed E-state index contributed by atoms with van der Waals surface area (Å²) in [5, 5.41) is 0.631. The van der Waals surface area contributed by atoms with Gasteiger partial charge in [0.2, 0.25) is 0 Å². The number of amides is 1. The first-order valence-corrected chi connectivity index (χ1v) is 9.33. The molecule has 26 heavy (non-hydrogen) atoms. The van der Waals surface area contributed by atoms with Crippen LogP contribution in [0.1, 0.15) is 28.8 Å². The summed E-state index contributed by atoms with van der Waals surface area (Å²) < 4.78 is 5.76.